The second kappa shape index (κ2) is 5.71. The zero-order chi connectivity index (χ0) is 14.7. The molecule has 4 heteroatoms. The number of benzene rings is 2. The zero-order valence-corrected chi connectivity index (χ0v) is 11.2. The summed E-state index contributed by atoms with van der Waals surface area (Å²) in [6, 6.07) is 15.3. The van der Waals surface area contributed by atoms with Gasteiger partial charge in [0, 0.05) is 23.5 Å². The summed E-state index contributed by atoms with van der Waals surface area (Å²) in [6.45, 7) is 0.176. The van der Waals surface area contributed by atoms with Crippen LogP contribution in [-0.4, -0.2) is 15.3 Å². The summed E-state index contributed by atoms with van der Waals surface area (Å²) >= 11 is 0. The van der Waals surface area contributed by atoms with E-state index in [2.05, 4.69) is 4.98 Å². The lowest BCUT2D eigenvalue weighted by Crippen LogP contribution is -2.11. The first kappa shape index (κ1) is 13.2. The number of hydrogen-bond donors (Lipinski definition) is 0. The van der Waals surface area contributed by atoms with E-state index in [1.54, 1.807) is 17.0 Å². The number of ketones is 1. The van der Waals surface area contributed by atoms with Crippen LogP contribution in [0.15, 0.2) is 67.0 Å². The molecule has 0 amide bonds. The minimum absolute atomic E-state index is 0.0785. The van der Waals surface area contributed by atoms with Gasteiger partial charge in [0.2, 0.25) is 0 Å². The Hall–Kier alpha value is -2.75. The molecule has 0 aliphatic heterocycles. The lowest BCUT2D eigenvalue weighted by atomic mass is 10.1. The van der Waals surface area contributed by atoms with E-state index in [-0.39, 0.29) is 18.1 Å². The Morgan fingerprint density at radius 2 is 1.76 bits per heavy atom. The van der Waals surface area contributed by atoms with Gasteiger partial charge in [0.05, 0.1) is 6.54 Å². The van der Waals surface area contributed by atoms with E-state index >= 15 is 0 Å². The second-order valence-corrected chi connectivity index (χ2v) is 4.67. The normalized spacial score (nSPS) is 10.5. The number of nitrogens with zero attached hydrogens (tertiary/aromatic N) is 2. The van der Waals surface area contributed by atoms with Crippen molar-refractivity contribution in [3.8, 4) is 11.4 Å². The van der Waals surface area contributed by atoms with E-state index in [1.165, 1.54) is 24.3 Å². The standard InChI is InChI=1S/C17H13FN2O/c18-15-8-6-13(7-9-15)16(21)12-20-11-10-19-17(20)14-4-2-1-3-5-14/h1-11H,12H2. The number of carbonyl (C=O) groups excluding carboxylic acids is 1. The van der Waals surface area contributed by atoms with Crippen LogP contribution in [0.4, 0.5) is 4.39 Å². The average molecular weight is 280 g/mol. The molecule has 3 nitrogen and oxygen atoms in total. The highest BCUT2D eigenvalue weighted by Gasteiger charge is 2.11. The maximum Gasteiger partial charge on any atom is 0.182 e. The monoisotopic (exact) mass is 280 g/mol. The van der Waals surface area contributed by atoms with Crippen LogP contribution in [0.5, 0.6) is 0 Å². The molecular weight excluding hydrogens is 267 g/mol. The summed E-state index contributed by atoms with van der Waals surface area (Å²) in [4.78, 5) is 16.5. The third-order valence-corrected chi connectivity index (χ3v) is 3.23. The summed E-state index contributed by atoms with van der Waals surface area (Å²) < 4.78 is 14.7. The summed E-state index contributed by atoms with van der Waals surface area (Å²) in [5, 5.41) is 0. The Morgan fingerprint density at radius 3 is 2.48 bits per heavy atom. The Labute approximate surface area is 121 Å². The molecule has 0 fully saturated rings. The highest BCUT2D eigenvalue weighted by Crippen LogP contribution is 2.17. The van der Waals surface area contributed by atoms with Gasteiger partial charge in [-0.3, -0.25) is 4.79 Å². The molecule has 0 atom stereocenters. The SMILES string of the molecule is O=C(Cn1ccnc1-c1ccccc1)c1ccc(F)cc1. The van der Waals surface area contributed by atoms with Gasteiger partial charge in [-0.25, -0.2) is 9.37 Å². The van der Waals surface area contributed by atoms with Crippen LogP contribution >= 0.6 is 0 Å². The van der Waals surface area contributed by atoms with Crippen molar-refractivity contribution in [3.63, 3.8) is 0 Å². The van der Waals surface area contributed by atoms with Crippen LogP contribution in [0.25, 0.3) is 11.4 Å². The number of halogens is 1. The predicted molar refractivity (Wildman–Crippen MR) is 78.4 cm³/mol. The smallest absolute Gasteiger partial charge is 0.182 e. The molecular formula is C17H13FN2O. The molecule has 3 aromatic rings. The first-order valence-corrected chi connectivity index (χ1v) is 6.59. The van der Waals surface area contributed by atoms with E-state index in [1.807, 2.05) is 30.3 Å². The molecule has 2 aromatic carbocycles. The van der Waals surface area contributed by atoms with Crippen LogP contribution < -0.4 is 0 Å². The van der Waals surface area contributed by atoms with Crippen molar-refractivity contribution in [3.05, 3.63) is 78.4 Å². The molecule has 0 aliphatic carbocycles. The maximum atomic E-state index is 12.9. The fourth-order valence-corrected chi connectivity index (χ4v) is 2.17. The molecule has 0 bridgehead atoms. The maximum absolute atomic E-state index is 12.9. The second-order valence-electron chi connectivity index (χ2n) is 4.67. The van der Waals surface area contributed by atoms with Crippen molar-refractivity contribution in [2.75, 3.05) is 0 Å². The van der Waals surface area contributed by atoms with Crippen molar-refractivity contribution >= 4 is 5.78 Å². The Morgan fingerprint density at radius 1 is 1.05 bits per heavy atom. The van der Waals surface area contributed by atoms with E-state index in [4.69, 9.17) is 0 Å². The van der Waals surface area contributed by atoms with Crippen molar-refractivity contribution < 1.29 is 9.18 Å². The van der Waals surface area contributed by atoms with Crippen molar-refractivity contribution in [1.82, 2.24) is 9.55 Å². The van der Waals surface area contributed by atoms with Gasteiger partial charge in [-0.1, -0.05) is 30.3 Å². The predicted octanol–water partition coefficient (Wildman–Crippen LogP) is 3.57. The van der Waals surface area contributed by atoms with Crippen LogP contribution in [0.3, 0.4) is 0 Å². The van der Waals surface area contributed by atoms with Gasteiger partial charge >= 0.3 is 0 Å². The summed E-state index contributed by atoms with van der Waals surface area (Å²) in [5.74, 6) is 0.315. The summed E-state index contributed by atoms with van der Waals surface area (Å²) in [6.07, 6.45) is 3.43. The molecule has 0 spiro atoms. The Kier molecular flexibility index (Phi) is 3.60. The van der Waals surface area contributed by atoms with E-state index in [0.717, 1.165) is 11.4 Å². The van der Waals surface area contributed by atoms with Crippen molar-refractivity contribution in [2.45, 2.75) is 6.54 Å². The number of aromatic nitrogens is 2. The van der Waals surface area contributed by atoms with Gasteiger partial charge in [0.1, 0.15) is 11.6 Å². The molecule has 3 rings (SSSR count). The highest BCUT2D eigenvalue weighted by atomic mass is 19.1. The number of hydrogen-bond acceptors (Lipinski definition) is 2. The molecule has 0 saturated heterocycles. The zero-order valence-electron chi connectivity index (χ0n) is 11.2. The van der Waals surface area contributed by atoms with E-state index < -0.39 is 0 Å². The van der Waals surface area contributed by atoms with E-state index in [9.17, 15) is 9.18 Å². The fraction of sp³-hybridized carbons (Fsp3) is 0.0588. The molecule has 1 heterocycles. The molecule has 0 radical (unpaired) electrons. The van der Waals surface area contributed by atoms with Crippen LogP contribution in [0, 0.1) is 5.82 Å². The number of imidazole rings is 1. The van der Waals surface area contributed by atoms with Crippen LogP contribution in [0.2, 0.25) is 0 Å². The number of Topliss-reactive ketones (excluding diaryl/α,β-unsaturated/α-hetero) is 1. The quantitative estimate of drug-likeness (QED) is 0.685. The fourth-order valence-electron chi connectivity index (χ4n) is 2.17. The third kappa shape index (κ3) is 2.89. The summed E-state index contributed by atoms with van der Waals surface area (Å²) in [7, 11) is 0. The number of carbonyl (C=O) groups is 1. The van der Waals surface area contributed by atoms with Crippen molar-refractivity contribution in [1.29, 1.82) is 0 Å². The van der Waals surface area contributed by atoms with E-state index in [0.29, 0.717) is 5.56 Å². The lowest BCUT2D eigenvalue weighted by molar-refractivity contribution is 0.0972. The van der Waals surface area contributed by atoms with Crippen LogP contribution in [0.1, 0.15) is 10.4 Å². The summed E-state index contributed by atoms with van der Waals surface area (Å²) in [5.41, 5.74) is 1.44. The molecule has 0 unspecified atom stereocenters. The Balaban J connectivity index is 1.85. The largest absolute Gasteiger partial charge is 0.323 e. The van der Waals surface area contributed by atoms with Crippen molar-refractivity contribution in [2.24, 2.45) is 0 Å². The topological polar surface area (TPSA) is 34.9 Å². The first-order valence-electron chi connectivity index (χ1n) is 6.59. The number of rotatable bonds is 4. The Bertz CT molecular complexity index is 748. The lowest BCUT2D eigenvalue weighted by Gasteiger charge is -2.07. The minimum atomic E-state index is -0.348. The van der Waals surface area contributed by atoms with Gasteiger partial charge in [-0.05, 0) is 24.3 Å². The van der Waals surface area contributed by atoms with Crippen LogP contribution in [-0.2, 0) is 6.54 Å². The van der Waals surface area contributed by atoms with Gasteiger partial charge < -0.3 is 4.57 Å². The average Bonchev–Trinajstić information content (AvgIpc) is 2.97. The first-order chi connectivity index (χ1) is 10.2. The minimum Gasteiger partial charge on any atom is -0.323 e. The molecule has 0 N–H and O–H groups in total. The molecule has 1 aromatic heterocycles. The van der Waals surface area contributed by atoms with Gasteiger partial charge in [-0.2, -0.15) is 0 Å². The van der Waals surface area contributed by atoms with Gasteiger partial charge in [0.15, 0.2) is 5.78 Å². The van der Waals surface area contributed by atoms with Gasteiger partial charge in [0.25, 0.3) is 0 Å². The highest BCUT2D eigenvalue weighted by molar-refractivity contribution is 5.96. The molecule has 0 saturated carbocycles. The molecule has 0 aliphatic rings. The molecule has 104 valence electrons. The molecule has 21 heavy (non-hydrogen) atoms. The third-order valence-electron chi connectivity index (χ3n) is 3.23. The van der Waals surface area contributed by atoms with Gasteiger partial charge in [-0.15, -0.1) is 0 Å².